The van der Waals surface area contributed by atoms with E-state index in [1.165, 1.54) is 0 Å². The van der Waals surface area contributed by atoms with Crippen molar-refractivity contribution in [3.63, 3.8) is 0 Å². The lowest BCUT2D eigenvalue weighted by molar-refractivity contribution is 0.171. The molecule has 4 nitrogen and oxygen atoms in total. The molecule has 21 heavy (non-hydrogen) atoms. The van der Waals surface area contributed by atoms with Gasteiger partial charge in [0.1, 0.15) is 13.2 Å². The fourth-order valence-corrected chi connectivity index (χ4v) is 2.96. The first-order valence-corrected chi connectivity index (χ1v) is 7.74. The number of fused-ring (bicyclic) bond motifs is 1. The highest BCUT2D eigenvalue weighted by molar-refractivity contribution is 9.10. The van der Waals surface area contributed by atoms with E-state index in [1.54, 1.807) is 6.20 Å². The van der Waals surface area contributed by atoms with Crippen molar-refractivity contribution in [3.05, 3.63) is 52.3 Å². The van der Waals surface area contributed by atoms with Crippen molar-refractivity contribution in [2.75, 3.05) is 13.2 Å². The molecule has 110 valence electrons. The molecule has 1 N–H and O–H groups in total. The first kappa shape index (κ1) is 14.4. The number of pyridine rings is 1. The zero-order chi connectivity index (χ0) is 14.7. The second-order valence-corrected chi connectivity index (χ2v) is 5.84. The molecule has 0 radical (unpaired) electrons. The van der Waals surface area contributed by atoms with Crippen LogP contribution in [-0.4, -0.2) is 18.2 Å². The fourth-order valence-electron chi connectivity index (χ4n) is 2.30. The van der Waals surface area contributed by atoms with Crippen LogP contribution in [0.15, 0.2) is 41.1 Å². The van der Waals surface area contributed by atoms with Crippen molar-refractivity contribution in [3.8, 4) is 11.5 Å². The number of ether oxygens (including phenoxy) is 2. The van der Waals surface area contributed by atoms with Crippen LogP contribution in [-0.2, 0) is 6.54 Å². The van der Waals surface area contributed by atoms with Crippen LogP contribution in [0.25, 0.3) is 0 Å². The van der Waals surface area contributed by atoms with Crippen LogP contribution in [0.4, 0.5) is 0 Å². The number of benzene rings is 1. The summed E-state index contributed by atoms with van der Waals surface area (Å²) >= 11 is 3.61. The maximum atomic E-state index is 5.65. The summed E-state index contributed by atoms with van der Waals surface area (Å²) in [5.74, 6) is 1.62. The van der Waals surface area contributed by atoms with E-state index in [1.807, 2.05) is 24.4 Å². The van der Waals surface area contributed by atoms with Crippen molar-refractivity contribution < 1.29 is 9.47 Å². The zero-order valence-corrected chi connectivity index (χ0v) is 13.4. The molecule has 0 amide bonds. The van der Waals surface area contributed by atoms with Gasteiger partial charge in [-0.1, -0.05) is 22.0 Å². The smallest absolute Gasteiger partial charge is 0.162 e. The second kappa shape index (κ2) is 6.45. The van der Waals surface area contributed by atoms with Gasteiger partial charge < -0.3 is 14.8 Å². The van der Waals surface area contributed by atoms with Crippen molar-refractivity contribution in [2.24, 2.45) is 0 Å². The molecule has 1 aromatic heterocycles. The molecular weight excluding hydrogens is 332 g/mol. The maximum absolute atomic E-state index is 5.65. The summed E-state index contributed by atoms with van der Waals surface area (Å²) in [5.41, 5.74) is 2.32. The number of halogens is 1. The van der Waals surface area contributed by atoms with E-state index >= 15 is 0 Å². The fraction of sp³-hybridized carbons (Fsp3) is 0.312. The number of nitrogens with zero attached hydrogens (tertiary/aromatic N) is 1. The maximum Gasteiger partial charge on any atom is 0.162 e. The van der Waals surface area contributed by atoms with Crippen LogP contribution in [0.1, 0.15) is 24.1 Å². The van der Waals surface area contributed by atoms with E-state index in [0.717, 1.165) is 33.6 Å². The third kappa shape index (κ3) is 3.36. The highest BCUT2D eigenvalue weighted by Gasteiger charge is 2.17. The average Bonchev–Trinajstić information content (AvgIpc) is 2.53. The molecule has 0 bridgehead atoms. The predicted octanol–water partition coefficient (Wildman–Crippen LogP) is 3.47. The second-order valence-electron chi connectivity index (χ2n) is 4.98. The minimum absolute atomic E-state index is 0.190. The van der Waals surface area contributed by atoms with Gasteiger partial charge in [0.15, 0.2) is 11.5 Å². The van der Waals surface area contributed by atoms with Gasteiger partial charge in [-0.25, -0.2) is 0 Å². The van der Waals surface area contributed by atoms with Crippen LogP contribution in [0.3, 0.4) is 0 Å². The van der Waals surface area contributed by atoms with Crippen LogP contribution in [0, 0.1) is 0 Å². The Kier molecular flexibility index (Phi) is 4.41. The van der Waals surface area contributed by atoms with Gasteiger partial charge in [-0.05, 0) is 36.2 Å². The molecule has 1 aliphatic rings. The molecule has 5 heteroatoms. The number of aromatic nitrogens is 1. The predicted molar refractivity (Wildman–Crippen MR) is 84.6 cm³/mol. The van der Waals surface area contributed by atoms with E-state index in [0.29, 0.717) is 13.2 Å². The molecule has 2 heterocycles. The SMILES string of the molecule is C[C@@H](NCc1cccnc1)c1cc2c(cc1Br)OCCO2. The third-order valence-corrected chi connectivity index (χ3v) is 4.15. The number of nitrogens with one attached hydrogen (secondary N) is 1. The molecule has 2 aromatic rings. The highest BCUT2D eigenvalue weighted by atomic mass is 79.9. The Morgan fingerprint density at radius 1 is 1.29 bits per heavy atom. The van der Waals surface area contributed by atoms with E-state index in [9.17, 15) is 0 Å². The Hall–Kier alpha value is -1.59. The molecule has 0 fully saturated rings. The minimum atomic E-state index is 0.190. The molecule has 1 atom stereocenters. The molecule has 0 aliphatic carbocycles. The van der Waals surface area contributed by atoms with Crippen LogP contribution in [0.5, 0.6) is 11.5 Å². The molecule has 3 rings (SSSR count). The molecule has 1 aromatic carbocycles. The summed E-state index contributed by atoms with van der Waals surface area (Å²) in [5, 5.41) is 3.50. The summed E-state index contributed by atoms with van der Waals surface area (Å²) in [6.07, 6.45) is 3.66. The lowest BCUT2D eigenvalue weighted by Crippen LogP contribution is -2.20. The van der Waals surface area contributed by atoms with E-state index in [2.05, 4.69) is 39.2 Å². The molecular formula is C16H17BrN2O2. The Morgan fingerprint density at radius 2 is 2.05 bits per heavy atom. The molecule has 1 aliphatic heterocycles. The lowest BCUT2D eigenvalue weighted by Gasteiger charge is -2.22. The van der Waals surface area contributed by atoms with Gasteiger partial charge >= 0.3 is 0 Å². The Morgan fingerprint density at radius 3 is 2.76 bits per heavy atom. The van der Waals surface area contributed by atoms with E-state index in [4.69, 9.17) is 9.47 Å². The van der Waals surface area contributed by atoms with Crippen molar-refractivity contribution in [1.82, 2.24) is 10.3 Å². The zero-order valence-electron chi connectivity index (χ0n) is 11.8. The molecule has 0 spiro atoms. The van der Waals surface area contributed by atoms with Crippen LogP contribution < -0.4 is 14.8 Å². The summed E-state index contributed by atoms with van der Waals surface area (Å²) in [6.45, 7) is 4.11. The molecule has 0 saturated heterocycles. The lowest BCUT2D eigenvalue weighted by atomic mass is 10.1. The first-order chi connectivity index (χ1) is 10.2. The standard InChI is InChI=1S/C16H17BrN2O2/c1-11(19-10-12-3-2-4-18-9-12)13-7-15-16(8-14(13)17)21-6-5-20-15/h2-4,7-9,11,19H,5-6,10H2,1H3/t11-/m1/s1. The molecule has 0 unspecified atom stereocenters. The Balaban J connectivity index is 1.73. The topological polar surface area (TPSA) is 43.4 Å². The van der Waals surface area contributed by atoms with Crippen molar-refractivity contribution in [2.45, 2.75) is 19.5 Å². The summed E-state index contributed by atoms with van der Waals surface area (Å²) in [6, 6.07) is 8.22. The average molecular weight is 349 g/mol. The van der Waals surface area contributed by atoms with E-state index < -0.39 is 0 Å². The van der Waals surface area contributed by atoms with Gasteiger partial charge in [0.05, 0.1) is 0 Å². The Bertz CT molecular complexity index is 619. The minimum Gasteiger partial charge on any atom is -0.486 e. The number of rotatable bonds is 4. The first-order valence-electron chi connectivity index (χ1n) is 6.95. The van der Waals surface area contributed by atoms with Gasteiger partial charge in [0.2, 0.25) is 0 Å². The van der Waals surface area contributed by atoms with Crippen molar-refractivity contribution in [1.29, 1.82) is 0 Å². The largest absolute Gasteiger partial charge is 0.486 e. The molecule has 0 saturated carbocycles. The third-order valence-electron chi connectivity index (χ3n) is 3.46. The summed E-state index contributed by atoms with van der Waals surface area (Å²) in [4.78, 5) is 4.12. The van der Waals surface area contributed by atoms with Gasteiger partial charge in [0.25, 0.3) is 0 Å². The van der Waals surface area contributed by atoms with Gasteiger partial charge in [-0.2, -0.15) is 0 Å². The Labute approximate surface area is 132 Å². The van der Waals surface area contributed by atoms with Crippen molar-refractivity contribution >= 4 is 15.9 Å². The van der Waals surface area contributed by atoms with Gasteiger partial charge in [-0.15, -0.1) is 0 Å². The van der Waals surface area contributed by atoms with Gasteiger partial charge in [-0.3, -0.25) is 4.98 Å². The summed E-state index contributed by atoms with van der Waals surface area (Å²) in [7, 11) is 0. The number of hydrogen-bond acceptors (Lipinski definition) is 4. The van der Waals surface area contributed by atoms with E-state index in [-0.39, 0.29) is 6.04 Å². The summed E-state index contributed by atoms with van der Waals surface area (Å²) < 4.78 is 12.3. The van der Waals surface area contributed by atoms with Crippen LogP contribution >= 0.6 is 15.9 Å². The normalized spacial score (nSPS) is 14.8. The monoisotopic (exact) mass is 348 g/mol. The van der Waals surface area contributed by atoms with Gasteiger partial charge in [0, 0.05) is 29.5 Å². The quantitative estimate of drug-likeness (QED) is 0.918. The highest BCUT2D eigenvalue weighted by Crippen LogP contribution is 2.37. The van der Waals surface area contributed by atoms with Crippen LogP contribution in [0.2, 0.25) is 0 Å². The number of hydrogen-bond donors (Lipinski definition) is 1.